The summed E-state index contributed by atoms with van der Waals surface area (Å²) in [6.07, 6.45) is -0.496. The molecule has 1 aliphatic rings. The summed E-state index contributed by atoms with van der Waals surface area (Å²) in [5.74, 6) is 1.61. The van der Waals surface area contributed by atoms with Gasteiger partial charge in [-0.1, -0.05) is 115 Å². The minimum atomic E-state index is -0.496. The molecule has 0 saturated carbocycles. The third-order valence-corrected chi connectivity index (χ3v) is 8.57. The maximum atomic E-state index is 5.24. The SMILES string of the molecule is c1ccc(C2=NC(n3c4ccccc4c4cc5c(cc43)c3ccccc3n5-c3ccccc3)N=C(c3ccccc3)N2)cc1. The number of benzene rings is 6. The Kier molecular flexibility index (Phi) is 5.50. The molecule has 0 amide bonds. The van der Waals surface area contributed by atoms with Gasteiger partial charge in [0.15, 0.2) is 0 Å². The van der Waals surface area contributed by atoms with E-state index in [0.29, 0.717) is 0 Å². The van der Waals surface area contributed by atoms with Crippen molar-refractivity contribution in [2.24, 2.45) is 9.98 Å². The molecular weight excluding hydrogens is 538 g/mol. The molecule has 0 aliphatic carbocycles. The Bertz CT molecular complexity index is 2340. The Morgan fingerprint density at radius 2 is 0.909 bits per heavy atom. The fraction of sp³-hybridized carbons (Fsp3) is 0.0256. The highest BCUT2D eigenvalue weighted by molar-refractivity contribution is 6.19. The molecule has 1 N–H and O–H groups in total. The summed E-state index contributed by atoms with van der Waals surface area (Å²) in [4.78, 5) is 10.5. The molecule has 5 nitrogen and oxygen atoms in total. The Hall–Kier alpha value is -5.94. The van der Waals surface area contributed by atoms with E-state index in [0.717, 1.165) is 39.5 Å². The van der Waals surface area contributed by atoms with Crippen molar-refractivity contribution in [3.8, 4) is 5.69 Å². The molecule has 3 heterocycles. The second-order valence-electron chi connectivity index (χ2n) is 11.1. The number of fused-ring (bicyclic) bond motifs is 6. The van der Waals surface area contributed by atoms with Crippen LogP contribution in [0.3, 0.4) is 0 Å². The number of aromatic nitrogens is 2. The van der Waals surface area contributed by atoms with Crippen molar-refractivity contribution in [3.05, 3.63) is 163 Å². The lowest BCUT2D eigenvalue weighted by atomic mass is 10.1. The van der Waals surface area contributed by atoms with Gasteiger partial charge >= 0.3 is 0 Å². The zero-order valence-electron chi connectivity index (χ0n) is 23.8. The van der Waals surface area contributed by atoms with E-state index in [4.69, 9.17) is 9.98 Å². The van der Waals surface area contributed by atoms with Gasteiger partial charge in [-0.05, 0) is 36.4 Å². The highest BCUT2D eigenvalue weighted by Gasteiger charge is 2.25. The van der Waals surface area contributed by atoms with Crippen molar-refractivity contribution in [2.45, 2.75) is 6.29 Å². The van der Waals surface area contributed by atoms with Crippen LogP contribution in [0.1, 0.15) is 17.4 Å². The molecule has 0 saturated heterocycles. The van der Waals surface area contributed by atoms with E-state index < -0.39 is 6.29 Å². The highest BCUT2D eigenvalue weighted by atomic mass is 15.3. The number of hydrogen-bond acceptors (Lipinski definition) is 3. The van der Waals surface area contributed by atoms with Gasteiger partial charge in [0.25, 0.3) is 0 Å². The smallest absolute Gasteiger partial charge is 0.224 e. The second-order valence-corrected chi connectivity index (χ2v) is 11.1. The molecule has 0 fully saturated rings. The first-order valence-electron chi connectivity index (χ1n) is 14.9. The van der Waals surface area contributed by atoms with Crippen LogP contribution in [-0.2, 0) is 0 Å². The normalized spacial score (nSPS) is 13.8. The fourth-order valence-corrected chi connectivity index (χ4v) is 6.60. The molecule has 2 aromatic heterocycles. The van der Waals surface area contributed by atoms with Crippen LogP contribution in [0.25, 0.3) is 49.3 Å². The van der Waals surface area contributed by atoms with Crippen molar-refractivity contribution in [1.82, 2.24) is 14.5 Å². The van der Waals surface area contributed by atoms with Gasteiger partial charge in [0.2, 0.25) is 6.29 Å². The highest BCUT2D eigenvalue weighted by Crippen LogP contribution is 2.40. The zero-order valence-corrected chi connectivity index (χ0v) is 23.8. The summed E-state index contributed by atoms with van der Waals surface area (Å²) in [5, 5.41) is 8.32. The molecule has 5 heteroatoms. The van der Waals surface area contributed by atoms with Gasteiger partial charge in [0, 0.05) is 38.4 Å². The Morgan fingerprint density at radius 3 is 1.55 bits per heavy atom. The number of amidine groups is 2. The number of para-hydroxylation sites is 3. The van der Waals surface area contributed by atoms with Crippen LogP contribution in [0.15, 0.2) is 162 Å². The lowest BCUT2D eigenvalue weighted by molar-refractivity contribution is 0.575. The molecule has 0 atom stereocenters. The molecule has 0 bridgehead atoms. The van der Waals surface area contributed by atoms with Crippen LogP contribution < -0.4 is 5.32 Å². The number of nitrogens with one attached hydrogen (secondary N) is 1. The van der Waals surface area contributed by atoms with Crippen molar-refractivity contribution in [2.75, 3.05) is 0 Å². The number of rotatable bonds is 4. The van der Waals surface area contributed by atoms with Crippen LogP contribution >= 0.6 is 0 Å². The molecular formula is C39H27N5. The van der Waals surface area contributed by atoms with Gasteiger partial charge in [-0.2, -0.15) is 0 Å². The summed E-state index contributed by atoms with van der Waals surface area (Å²) in [6, 6.07) is 53.2. The van der Waals surface area contributed by atoms with Gasteiger partial charge < -0.3 is 9.88 Å². The van der Waals surface area contributed by atoms with E-state index in [2.05, 4.69) is 130 Å². The minimum absolute atomic E-state index is 0.496. The lowest BCUT2D eigenvalue weighted by Crippen LogP contribution is -2.36. The number of nitrogens with zero attached hydrogens (tertiary/aromatic N) is 4. The van der Waals surface area contributed by atoms with Crippen LogP contribution in [0, 0.1) is 0 Å². The first kappa shape index (κ1) is 24.6. The molecule has 8 aromatic rings. The number of aliphatic imine (C=N–C) groups is 2. The molecule has 208 valence electrons. The summed E-state index contributed by atoms with van der Waals surface area (Å²) < 4.78 is 4.67. The standard InChI is InChI=1S/C39H27N5/c1-4-14-26(15-5-1)37-40-38(27-16-6-2-7-17-27)42-39(41-37)44-34-23-13-11-21-30(34)32-24-35-31(25-36(32)44)29-20-10-12-22-33(29)43(35)28-18-8-3-9-19-28/h1-25,39H,(H,40,41,42). The van der Waals surface area contributed by atoms with Gasteiger partial charge in [-0.3, -0.25) is 4.57 Å². The van der Waals surface area contributed by atoms with Gasteiger partial charge in [-0.15, -0.1) is 0 Å². The predicted molar refractivity (Wildman–Crippen MR) is 182 cm³/mol. The van der Waals surface area contributed by atoms with Crippen LogP contribution in [0.2, 0.25) is 0 Å². The first-order valence-corrected chi connectivity index (χ1v) is 14.9. The monoisotopic (exact) mass is 565 g/mol. The molecule has 0 spiro atoms. The summed E-state index contributed by atoms with van der Waals surface area (Å²) >= 11 is 0. The molecule has 0 unspecified atom stereocenters. The average molecular weight is 566 g/mol. The third-order valence-electron chi connectivity index (χ3n) is 8.57. The number of hydrogen-bond donors (Lipinski definition) is 1. The molecule has 6 aromatic carbocycles. The van der Waals surface area contributed by atoms with E-state index in [1.54, 1.807) is 0 Å². The Balaban J connectivity index is 1.36. The summed E-state index contributed by atoms with van der Waals surface area (Å²) in [7, 11) is 0. The average Bonchev–Trinajstić information content (AvgIpc) is 3.60. The zero-order chi connectivity index (χ0) is 29.0. The van der Waals surface area contributed by atoms with Crippen LogP contribution in [-0.4, -0.2) is 20.8 Å². The van der Waals surface area contributed by atoms with Crippen molar-refractivity contribution >= 4 is 55.3 Å². The van der Waals surface area contributed by atoms with E-state index in [1.165, 1.54) is 32.6 Å². The van der Waals surface area contributed by atoms with Crippen molar-refractivity contribution in [3.63, 3.8) is 0 Å². The minimum Gasteiger partial charge on any atom is -0.324 e. The molecule has 9 rings (SSSR count). The largest absolute Gasteiger partial charge is 0.324 e. The summed E-state index contributed by atoms with van der Waals surface area (Å²) in [6.45, 7) is 0. The quantitative estimate of drug-likeness (QED) is 0.228. The van der Waals surface area contributed by atoms with Crippen molar-refractivity contribution < 1.29 is 0 Å². The van der Waals surface area contributed by atoms with Crippen LogP contribution in [0.4, 0.5) is 0 Å². The van der Waals surface area contributed by atoms with Gasteiger partial charge in [0.1, 0.15) is 11.7 Å². The maximum Gasteiger partial charge on any atom is 0.224 e. The molecule has 44 heavy (non-hydrogen) atoms. The predicted octanol–water partition coefficient (Wildman–Crippen LogP) is 8.84. The maximum absolute atomic E-state index is 5.24. The third kappa shape index (κ3) is 3.80. The molecule has 1 aliphatic heterocycles. The van der Waals surface area contributed by atoms with E-state index in [-0.39, 0.29) is 0 Å². The van der Waals surface area contributed by atoms with Gasteiger partial charge in [0.05, 0.1) is 22.1 Å². The Labute approximate surface area is 254 Å². The molecule has 0 radical (unpaired) electrons. The summed E-state index contributed by atoms with van der Waals surface area (Å²) in [5.41, 5.74) is 7.77. The van der Waals surface area contributed by atoms with Crippen molar-refractivity contribution in [1.29, 1.82) is 0 Å². The topological polar surface area (TPSA) is 46.6 Å². The van der Waals surface area contributed by atoms with E-state index >= 15 is 0 Å². The van der Waals surface area contributed by atoms with E-state index in [1.807, 2.05) is 36.4 Å². The first-order chi connectivity index (χ1) is 21.8. The second kappa shape index (κ2) is 9.82. The Morgan fingerprint density at radius 1 is 0.432 bits per heavy atom. The van der Waals surface area contributed by atoms with E-state index in [9.17, 15) is 0 Å². The fourth-order valence-electron chi connectivity index (χ4n) is 6.60. The van der Waals surface area contributed by atoms with Crippen LogP contribution in [0.5, 0.6) is 0 Å². The lowest BCUT2D eigenvalue weighted by Gasteiger charge is -2.24. The van der Waals surface area contributed by atoms with Gasteiger partial charge in [-0.25, -0.2) is 9.98 Å².